The molecule has 5 heteroatoms. The van der Waals surface area contributed by atoms with Gasteiger partial charge < -0.3 is 9.84 Å². The van der Waals surface area contributed by atoms with Crippen molar-refractivity contribution in [3.63, 3.8) is 0 Å². The van der Waals surface area contributed by atoms with Gasteiger partial charge in [-0.05, 0) is 26.7 Å². The van der Waals surface area contributed by atoms with Crippen LogP contribution in [0.2, 0.25) is 0 Å². The van der Waals surface area contributed by atoms with Crippen molar-refractivity contribution >= 4 is 5.97 Å². The van der Waals surface area contributed by atoms with Gasteiger partial charge in [0.25, 0.3) is 0 Å². The van der Waals surface area contributed by atoms with E-state index in [-0.39, 0.29) is 5.56 Å². The predicted molar refractivity (Wildman–Crippen MR) is 74.9 cm³/mol. The van der Waals surface area contributed by atoms with Crippen LogP contribution in [-0.2, 0) is 10.3 Å². The molecule has 0 saturated heterocycles. The lowest BCUT2D eigenvalue weighted by atomic mass is 9.92. The average molecular weight is 278 g/mol. The molecule has 1 aliphatic carbocycles. The lowest BCUT2D eigenvalue weighted by molar-refractivity contribution is -0.0354. The summed E-state index contributed by atoms with van der Waals surface area (Å²) in [6.07, 6.45) is 6.39. The molecule has 0 unspecified atom stereocenters. The molecule has 0 atom stereocenters. The van der Waals surface area contributed by atoms with Crippen LogP contribution in [0, 0.1) is 13.8 Å². The van der Waals surface area contributed by atoms with Gasteiger partial charge in [0, 0.05) is 7.11 Å². The first-order valence-electron chi connectivity index (χ1n) is 7.14. The smallest absolute Gasteiger partial charge is 0.339 e. The van der Waals surface area contributed by atoms with Crippen LogP contribution >= 0.6 is 0 Å². The number of hydrogen-bond acceptors (Lipinski definition) is 4. The maximum atomic E-state index is 11.2. The summed E-state index contributed by atoms with van der Waals surface area (Å²) in [4.78, 5) is 20.1. The van der Waals surface area contributed by atoms with Crippen LogP contribution in [-0.4, -0.2) is 28.2 Å². The highest BCUT2D eigenvalue weighted by Crippen LogP contribution is 2.37. The van der Waals surface area contributed by atoms with Gasteiger partial charge in [-0.2, -0.15) is 0 Å². The first kappa shape index (κ1) is 14.9. The Morgan fingerprint density at radius 3 is 2.00 bits per heavy atom. The molecule has 0 aliphatic heterocycles. The van der Waals surface area contributed by atoms with Crippen molar-refractivity contribution in [2.45, 2.75) is 58.0 Å². The van der Waals surface area contributed by atoms with Crippen molar-refractivity contribution in [2.75, 3.05) is 7.11 Å². The predicted octanol–water partition coefficient (Wildman–Crippen LogP) is 2.99. The van der Waals surface area contributed by atoms with Crippen molar-refractivity contribution in [1.82, 2.24) is 9.97 Å². The lowest BCUT2D eigenvalue weighted by Crippen LogP contribution is -2.31. The number of aryl methyl sites for hydroxylation is 2. The molecule has 110 valence electrons. The highest BCUT2D eigenvalue weighted by molar-refractivity contribution is 5.89. The Hall–Kier alpha value is -1.49. The minimum Gasteiger partial charge on any atom is -0.478 e. The summed E-state index contributed by atoms with van der Waals surface area (Å²) in [7, 11) is 1.70. The summed E-state index contributed by atoms with van der Waals surface area (Å²) in [5, 5.41) is 9.20. The number of carbonyl (C=O) groups is 1. The Bertz CT molecular complexity index is 483. The van der Waals surface area contributed by atoms with E-state index < -0.39 is 11.6 Å². The van der Waals surface area contributed by atoms with Gasteiger partial charge in [0.2, 0.25) is 0 Å². The fraction of sp³-hybridized carbons (Fsp3) is 0.667. The van der Waals surface area contributed by atoms with E-state index in [2.05, 4.69) is 9.97 Å². The van der Waals surface area contributed by atoms with Crippen molar-refractivity contribution < 1.29 is 14.6 Å². The second-order valence-electron chi connectivity index (χ2n) is 5.51. The van der Waals surface area contributed by atoms with Gasteiger partial charge >= 0.3 is 5.97 Å². The van der Waals surface area contributed by atoms with Gasteiger partial charge in [0.15, 0.2) is 5.82 Å². The van der Waals surface area contributed by atoms with E-state index in [0.717, 1.165) is 25.7 Å². The first-order valence-corrected chi connectivity index (χ1v) is 7.14. The van der Waals surface area contributed by atoms with E-state index >= 15 is 0 Å². The topological polar surface area (TPSA) is 72.3 Å². The molecule has 0 radical (unpaired) electrons. The maximum Gasteiger partial charge on any atom is 0.339 e. The van der Waals surface area contributed by atoms with Gasteiger partial charge in [0.05, 0.1) is 11.4 Å². The Morgan fingerprint density at radius 2 is 1.60 bits per heavy atom. The Kier molecular flexibility index (Phi) is 4.38. The molecule has 2 rings (SSSR count). The molecule has 1 heterocycles. The number of methoxy groups -OCH3 is 1. The Balaban J connectivity index is 2.47. The van der Waals surface area contributed by atoms with Crippen LogP contribution in [0.15, 0.2) is 0 Å². The van der Waals surface area contributed by atoms with Gasteiger partial charge in [-0.1, -0.05) is 25.7 Å². The highest BCUT2D eigenvalue weighted by atomic mass is 16.5. The average Bonchev–Trinajstić information content (AvgIpc) is 2.63. The van der Waals surface area contributed by atoms with Gasteiger partial charge in [0.1, 0.15) is 11.2 Å². The molecule has 1 N–H and O–H groups in total. The zero-order chi connectivity index (χ0) is 14.8. The van der Waals surface area contributed by atoms with E-state index in [0.29, 0.717) is 17.2 Å². The Morgan fingerprint density at radius 1 is 1.10 bits per heavy atom. The van der Waals surface area contributed by atoms with Crippen LogP contribution in [0.25, 0.3) is 0 Å². The van der Waals surface area contributed by atoms with Crippen LogP contribution in [0.4, 0.5) is 0 Å². The normalized spacial score (nSPS) is 18.6. The fourth-order valence-corrected chi connectivity index (χ4v) is 3.05. The van der Waals surface area contributed by atoms with Gasteiger partial charge in [-0.3, -0.25) is 0 Å². The summed E-state index contributed by atoms with van der Waals surface area (Å²) in [5.74, 6) is -0.333. The van der Waals surface area contributed by atoms with Crippen LogP contribution in [0.3, 0.4) is 0 Å². The number of hydrogen-bond donors (Lipinski definition) is 1. The number of aromatic nitrogens is 2. The molecule has 0 spiro atoms. The van der Waals surface area contributed by atoms with Crippen LogP contribution < -0.4 is 0 Å². The highest BCUT2D eigenvalue weighted by Gasteiger charge is 2.36. The zero-order valence-electron chi connectivity index (χ0n) is 12.4. The fourth-order valence-electron chi connectivity index (χ4n) is 3.05. The van der Waals surface area contributed by atoms with E-state index in [4.69, 9.17) is 4.74 Å². The minimum absolute atomic E-state index is 0.202. The number of ether oxygens (including phenoxy) is 1. The molecule has 20 heavy (non-hydrogen) atoms. The summed E-state index contributed by atoms with van der Waals surface area (Å²) in [5.41, 5.74) is 0.776. The third kappa shape index (κ3) is 2.68. The lowest BCUT2D eigenvalue weighted by Gasteiger charge is -2.30. The molecule has 1 aromatic rings. The third-order valence-corrected chi connectivity index (χ3v) is 4.19. The van der Waals surface area contributed by atoms with E-state index in [1.54, 1.807) is 21.0 Å². The number of aromatic carboxylic acids is 1. The number of nitrogens with zero attached hydrogens (tertiary/aromatic N) is 2. The van der Waals surface area contributed by atoms with Crippen LogP contribution in [0.5, 0.6) is 0 Å². The van der Waals surface area contributed by atoms with Crippen molar-refractivity contribution in [3.8, 4) is 0 Å². The minimum atomic E-state index is -0.973. The van der Waals surface area contributed by atoms with Crippen molar-refractivity contribution in [1.29, 1.82) is 0 Å². The summed E-state index contributed by atoms with van der Waals surface area (Å²) >= 11 is 0. The van der Waals surface area contributed by atoms with E-state index in [1.807, 2.05) is 0 Å². The molecule has 1 aliphatic rings. The van der Waals surface area contributed by atoms with Gasteiger partial charge in [-0.25, -0.2) is 14.8 Å². The molecular formula is C15H22N2O3. The largest absolute Gasteiger partial charge is 0.478 e. The van der Waals surface area contributed by atoms with E-state index in [1.165, 1.54) is 12.8 Å². The van der Waals surface area contributed by atoms with E-state index in [9.17, 15) is 9.90 Å². The molecule has 1 aromatic heterocycles. The number of carboxylic acid groups (broad SMARTS) is 1. The maximum absolute atomic E-state index is 11.2. The second-order valence-corrected chi connectivity index (χ2v) is 5.51. The van der Waals surface area contributed by atoms with Crippen molar-refractivity contribution in [3.05, 3.63) is 22.8 Å². The van der Waals surface area contributed by atoms with Crippen LogP contribution in [0.1, 0.15) is 66.1 Å². The summed E-state index contributed by atoms with van der Waals surface area (Å²) < 4.78 is 5.78. The molecule has 1 saturated carbocycles. The first-order chi connectivity index (χ1) is 9.50. The monoisotopic (exact) mass is 278 g/mol. The third-order valence-electron chi connectivity index (χ3n) is 4.19. The van der Waals surface area contributed by atoms with Gasteiger partial charge in [-0.15, -0.1) is 0 Å². The summed E-state index contributed by atoms with van der Waals surface area (Å²) in [6.45, 7) is 3.45. The molecule has 0 bridgehead atoms. The van der Waals surface area contributed by atoms with Crippen molar-refractivity contribution in [2.24, 2.45) is 0 Å². The molecule has 5 nitrogen and oxygen atoms in total. The number of carboxylic acids is 1. The molecular weight excluding hydrogens is 256 g/mol. The Labute approximate surface area is 119 Å². The SMILES string of the molecule is COC1(c2nc(C)c(C(=O)O)c(C)n2)CCCCCC1. The quantitative estimate of drug-likeness (QED) is 0.860. The standard InChI is InChI=1S/C15H22N2O3/c1-10-12(13(18)19)11(2)17-14(16-10)15(20-3)8-6-4-5-7-9-15/h4-9H2,1-3H3,(H,18,19). The molecule has 0 amide bonds. The number of rotatable bonds is 3. The molecule has 0 aromatic carbocycles. The summed E-state index contributed by atoms with van der Waals surface area (Å²) in [6, 6.07) is 0. The molecule has 1 fully saturated rings. The second kappa shape index (κ2) is 5.87. The zero-order valence-corrected chi connectivity index (χ0v) is 12.4.